The number of phenolic OH excluding ortho intramolecular Hbond substituents is 1. The van der Waals surface area contributed by atoms with Gasteiger partial charge in [-0.05, 0) is 23.6 Å². The molecule has 28 heavy (non-hydrogen) atoms. The summed E-state index contributed by atoms with van der Waals surface area (Å²) in [7, 11) is 0. The van der Waals surface area contributed by atoms with Crippen LogP contribution in [0.25, 0.3) is 0 Å². The second-order valence-electron chi connectivity index (χ2n) is 6.63. The molecule has 2 aromatic carbocycles. The van der Waals surface area contributed by atoms with Crippen LogP contribution in [0.4, 0.5) is 5.69 Å². The number of benzene rings is 2. The standard InChI is InChI=1S/C20H15N3O4S/c24-17-8-7-12(23(25)26)10-14(17)20-22-16(13-4-1-2-5-18(13)27-20)11-15(21-22)19-6-3-9-28-19/h1-10,16,20,24H,11H2/t16-,20+/m0/s1. The summed E-state index contributed by atoms with van der Waals surface area (Å²) in [4.78, 5) is 11.8. The summed E-state index contributed by atoms with van der Waals surface area (Å²) >= 11 is 1.62. The van der Waals surface area contributed by atoms with E-state index in [1.165, 1.54) is 18.2 Å². The molecule has 2 aliphatic heterocycles. The summed E-state index contributed by atoms with van der Waals surface area (Å²) in [5, 5.41) is 30.2. The van der Waals surface area contributed by atoms with Crippen LogP contribution in [0.2, 0.25) is 0 Å². The Labute approximate surface area is 164 Å². The largest absolute Gasteiger partial charge is 0.507 e. The molecule has 0 unspecified atom stereocenters. The first-order valence-electron chi connectivity index (χ1n) is 8.74. The molecule has 0 spiro atoms. The molecule has 3 heterocycles. The van der Waals surface area contributed by atoms with Gasteiger partial charge in [0.1, 0.15) is 11.5 Å². The number of hydrazone groups is 1. The second kappa shape index (κ2) is 6.35. The average molecular weight is 393 g/mol. The van der Waals surface area contributed by atoms with Gasteiger partial charge in [-0.15, -0.1) is 11.3 Å². The third-order valence-electron chi connectivity index (χ3n) is 4.99. The number of fused-ring (bicyclic) bond motifs is 3. The van der Waals surface area contributed by atoms with Crippen molar-refractivity contribution in [3.8, 4) is 11.5 Å². The molecule has 7 nitrogen and oxygen atoms in total. The van der Waals surface area contributed by atoms with Crippen LogP contribution in [-0.4, -0.2) is 20.8 Å². The number of nitrogens with zero attached hydrogens (tertiary/aromatic N) is 3. The van der Waals surface area contributed by atoms with Crippen LogP contribution in [0, 0.1) is 10.1 Å². The Morgan fingerprint density at radius 2 is 2.04 bits per heavy atom. The molecule has 8 heteroatoms. The monoisotopic (exact) mass is 393 g/mol. The van der Waals surface area contributed by atoms with Crippen LogP contribution in [0.15, 0.2) is 65.1 Å². The third-order valence-corrected chi connectivity index (χ3v) is 5.91. The van der Waals surface area contributed by atoms with Crippen LogP contribution in [0.1, 0.15) is 34.7 Å². The number of phenols is 1. The number of hydrogen-bond acceptors (Lipinski definition) is 7. The van der Waals surface area contributed by atoms with Crippen molar-refractivity contribution in [1.29, 1.82) is 0 Å². The van der Waals surface area contributed by atoms with E-state index in [0.29, 0.717) is 17.7 Å². The predicted octanol–water partition coefficient (Wildman–Crippen LogP) is 4.60. The van der Waals surface area contributed by atoms with E-state index in [2.05, 4.69) is 0 Å². The molecule has 0 amide bonds. The van der Waals surface area contributed by atoms with Gasteiger partial charge in [-0.25, -0.2) is 5.01 Å². The first-order chi connectivity index (χ1) is 13.6. The second-order valence-corrected chi connectivity index (χ2v) is 7.58. The summed E-state index contributed by atoms with van der Waals surface area (Å²) in [5.74, 6) is 0.635. The molecule has 0 radical (unpaired) electrons. The van der Waals surface area contributed by atoms with Crippen molar-refractivity contribution in [3.63, 3.8) is 0 Å². The van der Waals surface area contributed by atoms with Gasteiger partial charge < -0.3 is 9.84 Å². The SMILES string of the molecule is O=[N+]([O-])c1ccc(O)c([C@H]2Oc3ccccc3[C@@H]3CC(c4cccs4)=NN23)c1. The number of aromatic hydroxyl groups is 1. The molecule has 3 aromatic rings. The van der Waals surface area contributed by atoms with Gasteiger partial charge in [-0.2, -0.15) is 5.10 Å². The lowest BCUT2D eigenvalue weighted by Crippen LogP contribution is -2.33. The van der Waals surface area contributed by atoms with E-state index >= 15 is 0 Å². The molecule has 1 aromatic heterocycles. The molecule has 140 valence electrons. The van der Waals surface area contributed by atoms with E-state index in [0.717, 1.165) is 16.2 Å². The lowest BCUT2D eigenvalue weighted by molar-refractivity contribution is -0.385. The Morgan fingerprint density at radius 3 is 2.82 bits per heavy atom. The van der Waals surface area contributed by atoms with E-state index in [4.69, 9.17) is 9.84 Å². The fourth-order valence-corrected chi connectivity index (χ4v) is 4.41. The molecule has 2 aliphatic rings. The normalized spacial score (nSPS) is 20.1. The van der Waals surface area contributed by atoms with Crippen LogP contribution >= 0.6 is 11.3 Å². The molecule has 0 aliphatic carbocycles. The highest BCUT2D eigenvalue weighted by molar-refractivity contribution is 7.12. The van der Waals surface area contributed by atoms with Crippen molar-refractivity contribution in [2.75, 3.05) is 0 Å². The minimum Gasteiger partial charge on any atom is -0.507 e. The molecule has 0 bridgehead atoms. The molecular weight excluding hydrogens is 378 g/mol. The maximum atomic E-state index is 11.2. The van der Waals surface area contributed by atoms with Gasteiger partial charge in [0.05, 0.1) is 27.1 Å². The third kappa shape index (κ3) is 2.61. The summed E-state index contributed by atoms with van der Waals surface area (Å²) in [6, 6.07) is 15.6. The van der Waals surface area contributed by atoms with Crippen molar-refractivity contribution >= 4 is 22.7 Å². The zero-order chi connectivity index (χ0) is 19.3. The van der Waals surface area contributed by atoms with E-state index in [1.807, 2.05) is 41.8 Å². The lowest BCUT2D eigenvalue weighted by atomic mass is 9.97. The van der Waals surface area contributed by atoms with E-state index in [1.54, 1.807) is 16.3 Å². The fraction of sp³-hybridized carbons (Fsp3) is 0.150. The predicted molar refractivity (Wildman–Crippen MR) is 105 cm³/mol. The number of non-ortho nitro benzene ring substituents is 1. The minimum absolute atomic E-state index is 0.0616. The maximum absolute atomic E-state index is 11.2. The molecular formula is C20H15N3O4S. The summed E-state index contributed by atoms with van der Waals surface area (Å²) in [6.07, 6.45) is -0.0511. The summed E-state index contributed by atoms with van der Waals surface area (Å²) in [5.41, 5.74) is 2.17. The highest BCUT2D eigenvalue weighted by Gasteiger charge is 2.42. The van der Waals surface area contributed by atoms with Crippen molar-refractivity contribution < 1.29 is 14.8 Å². The van der Waals surface area contributed by atoms with Gasteiger partial charge in [0, 0.05) is 24.1 Å². The molecule has 1 N–H and O–H groups in total. The van der Waals surface area contributed by atoms with Gasteiger partial charge in [-0.3, -0.25) is 10.1 Å². The Bertz CT molecular complexity index is 1100. The molecule has 2 atom stereocenters. The zero-order valence-electron chi connectivity index (χ0n) is 14.6. The smallest absolute Gasteiger partial charge is 0.270 e. The van der Waals surface area contributed by atoms with E-state index in [-0.39, 0.29) is 17.5 Å². The van der Waals surface area contributed by atoms with Gasteiger partial charge in [-0.1, -0.05) is 24.3 Å². The Balaban J connectivity index is 1.64. The highest BCUT2D eigenvalue weighted by atomic mass is 32.1. The average Bonchev–Trinajstić information content (AvgIpc) is 3.37. The lowest BCUT2D eigenvalue weighted by Gasteiger charge is -2.38. The molecule has 0 fully saturated rings. The summed E-state index contributed by atoms with van der Waals surface area (Å²) < 4.78 is 6.15. The van der Waals surface area contributed by atoms with Crippen molar-refractivity contribution in [3.05, 3.63) is 86.1 Å². The van der Waals surface area contributed by atoms with Crippen LogP contribution in [-0.2, 0) is 0 Å². The highest BCUT2D eigenvalue weighted by Crippen LogP contribution is 2.49. The quantitative estimate of drug-likeness (QED) is 0.519. The number of nitro groups is 1. The molecule has 0 saturated heterocycles. The Hall–Kier alpha value is -3.39. The minimum atomic E-state index is -0.753. The topological polar surface area (TPSA) is 88.2 Å². The van der Waals surface area contributed by atoms with Crippen LogP contribution < -0.4 is 4.74 Å². The number of thiophene rings is 1. The number of ether oxygens (including phenoxy) is 1. The number of nitro benzene ring substituents is 1. The van der Waals surface area contributed by atoms with Gasteiger partial charge in [0.2, 0.25) is 6.23 Å². The van der Waals surface area contributed by atoms with Crippen molar-refractivity contribution in [2.45, 2.75) is 18.7 Å². The van der Waals surface area contributed by atoms with Gasteiger partial charge in [0.25, 0.3) is 5.69 Å². The van der Waals surface area contributed by atoms with Crippen molar-refractivity contribution in [1.82, 2.24) is 5.01 Å². The number of hydrogen-bond donors (Lipinski definition) is 1. The van der Waals surface area contributed by atoms with E-state index < -0.39 is 11.2 Å². The first-order valence-corrected chi connectivity index (χ1v) is 9.62. The van der Waals surface area contributed by atoms with Crippen LogP contribution in [0.3, 0.4) is 0 Å². The van der Waals surface area contributed by atoms with Crippen LogP contribution in [0.5, 0.6) is 11.5 Å². The maximum Gasteiger partial charge on any atom is 0.270 e. The number of para-hydroxylation sites is 1. The van der Waals surface area contributed by atoms with Gasteiger partial charge in [0.15, 0.2) is 0 Å². The zero-order valence-corrected chi connectivity index (χ0v) is 15.4. The Kier molecular flexibility index (Phi) is 3.80. The molecule has 5 rings (SSSR count). The summed E-state index contributed by atoms with van der Waals surface area (Å²) in [6.45, 7) is 0. The number of rotatable bonds is 3. The van der Waals surface area contributed by atoms with Gasteiger partial charge >= 0.3 is 0 Å². The first kappa shape index (κ1) is 16.8. The van der Waals surface area contributed by atoms with E-state index in [9.17, 15) is 15.2 Å². The van der Waals surface area contributed by atoms with Crippen molar-refractivity contribution in [2.24, 2.45) is 5.10 Å². The fourth-order valence-electron chi connectivity index (χ4n) is 3.68. The Morgan fingerprint density at radius 1 is 1.18 bits per heavy atom. The molecule has 0 saturated carbocycles.